The van der Waals surface area contributed by atoms with Crippen LogP contribution in [0.5, 0.6) is 0 Å². The van der Waals surface area contributed by atoms with E-state index in [1.165, 1.54) is 0 Å². The minimum atomic E-state index is -2.29. The molecule has 8 heavy (non-hydrogen) atoms. The summed E-state index contributed by atoms with van der Waals surface area (Å²) in [6.07, 6.45) is -2.75. The summed E-state index contributed by atoms with van der Waals surface area (Å²) < 4.78 is 29.4. The predicted molar refractivity (Wildman–Crippen MR) is 32.7 cm³/mol. The maximum Gasteiger partial charge on any atom is 0.132 e. The van der Waals surface area contributed by atoms with Crippen molar-refractivity contribution in [1.82, 2.24) is 0 Å². The number of hydrogen-bond acceptors (Lipinski definition) is 1. The Hall–Kier alpha value is -0.330. The summed E-state index contributed by atoms with van der Waals surface area (Å²) >= 11 is 0. The molecule has 0 aromatic carbocycles. The number of carbonyl (C=O) groups is 1. The zero-order valence-electron chi connectivity index (χ0n) is 8.74. The third kappa shape index (κ3) is 1.65. The van der Waals surface area contributed by atoms with Crippen LogP contribution in [0.3, 0.4) is 0 Å². The predicted octanol–water partition coefficient (Wildman–Crippen LogP) is 1.91. The van der Waals surface area contributed by atoms with Gasteiger partial charge in [-0.1, -0.05) is 12.8 Å². The molecule has 0 heterocycles. The summed E-state index contributed by atoms with van der Waals surface area (Å²) in [7, 11) is 0. The molecule has 0 radical (unpaired) electrons. The fraction of sp³-hybridized carbons (Fsp3) is 0.857. The lowest BCUT2D eigenvalue weighted by Crippen LogP contribution is -1.91. The topological polar surface area (TPSA) is 17.1 Å². The molecule has 1 saturated carbocycles. The van der Waals surface area contributed by atoms with E-state index in [9.17, 15) is 4.79 Å². The van der Waals surface area contributed by atoms with Gasteiger partial charge in [-0.2, -0.15) is 0 Å². The second-order valence-corrected chi connectivity index (χ2v) is 1.93. The summed E-state index contributed by atoms with van der Waals surface area (Å²) in [5.74, 6) is -0.593. The van der Waals surface area contributed by atoms with E-state index >= 15 is 0 Å². The highest BCUT2D eigenvalue weighted by molar-refractivity contribution is 5.78. The lowest BCUT2D eigenvalue weighted by molar-refractivity contribution is -0.118. The molecular weight excluding hydrogens is 100 g/mol. The molecule has 0 amide bonds. The van der Waals surface area contributed by atoms with Crippen LogP contribution in [0.2, 0.25) is 0 Å². The molecule has 0 saturated heterocycles. The first-order valence-electron chi connectivity index (χ1n) is 4.91. The highest BCUT2D eigenvalue weighted by Crippen LogP contribution is 2.12. The molecule has 1 aliphatic carbocycles. The van der Waals surface area contributed by atoms with E-state index in [1.807, 2.05) is 0 Å². The molecule has 0 unspecified atom stereocenters. The van der Waals surface area contributed by atoms with Crippen LogP contribution in [-0.4, -0.2) is 5.78 Å². The van der Waals surface area contributed by atoms with Crippen LogP contribution < -0.4 is 0 Å². The SMILES string of the molecule is [2H]C1([2H])CCCCC(=O)C1([2H])[2H]. The van der Waals surface area contributed by atoms with Crippen LogP contribution in [0.15, 0.2) is 0 Å². The van der Waals surface area contributed by atoms with E-state index < -0.39 is 18.5 Å². The average Bonchev–Trinajstić information content (AvgIpc) is 2.02. The van der Waals surface area contributed by atoms with Crippen LogP contribution in [-0.2, 0) is 4.79 Å². The van der Waals surface area contributed by atoms with Crippen molar-refractivity contribution in [1.29, 1.82) is 0 Å². The Kier molecular flexibility index (Phi) is 0.893. The first-order valence-corrected chi connectivity index (χ1v) is 2.91. The van der Waals surface area contributed by atoms with Gasteiger partial charge in [-0.05, 0) is 12.8 Å². The van der Waals surface area contributed by atoms with E-state index in [4.69, 9.17) is 5.48 Å². The summed E-state index contributed by atoms with van der Waals surface area (Å²) in [5, 5.41) is 0. The lowest BCUT2D eigenvalue weighted by Gasteiger charge is -1.87. The first kappa shape index (κ1) is 2.51. The van der Waals surface area contributed by atoms with Crippen molar-refractivity contribution in [2.45, 2.75) is 38.4 Å². The normalized spacial score (nSPS) is 42.8. The van der Waals surface area contributed by atoms with Crippen molar-refractivity contribution in [3.63, 3.8) is 0 Å². The van der Waals surface area contributed by atoms with Gasteiger partial charge in [0, 0.05) is 18.3 Å². The fourth-order valence-electron chi connectivity index (χ4n) is 0.723. The highest BCUT2D eigenvalue weighted by Gasteiger charge is 2.04. The van der Waals surface area contributed by atoms with Crippen molar-refractivity contribution in [3.8, 4) is 0 Å². The Balaban J connectivity index is 2.94. The molecule has 0 bridgehead atoms. The van der Waals surface area contributed by atoms with Gasteiger partial charge in [-0.25, -0.2) is 0 Å². The molecule has 46 valence electrons. The maximum atomic E-state index is 11.1. The number of ketones is 1. The Morgan fingerprint density at radius 2 is 2.25 bits per heavy atom. The van der Waals surface area contributed by atoms with Crippen LogP contribution in [0.1, 0.15) is 43.9 Å². The third-order valence-electron chi connectivity index (χ3n) is 1.18. The Labute approximate surface area is 55.7 Å². The van der Waals surface area contributed by atoms with Gasteiger partial charge in [-0.3, -0.25) is 4.79 Å². The van der Waals surface area contributed by atoms with Crippen molar-refractivity contribution >= 4 is 5.78 Å². The summed E-state index contributed by atoms with van der Waals surface area (Å²) in [5.41, 5.74) is 0. The zero-order chi connectivity index (χ0) is 9.41. The lowest BCUT2D eigenvalue weighted by atomic mass is 10.2. The van der Waals surface area contributed by atoms with Crippen molar-refractivity contribution in [2.24, 2.45) is 0 Å². The van der Waals surface area contributed by atoms with Gasteiger partial charge in [0.15, 0.2) is 0 Å². The largest absolute Gasteiger partial charge is 0.300 e. The van der Waals surface area contributed by atoms with Crippen LogP contribution in [0.25, 0.3) is 0 Å². The van der Waals surface area contributed by atoms with E-state index in [-0.39, 0.29) is 12.8 Å². The quantitative estimate of drug-likeness (QED) is 0.442. The standard InChI is InChI=1S/C7H12O/c8-7-5-3-1-2-4-6-7/h1-6H2/i3D2,5D2. The first-order chi connectivity index (χ1) is 5.38. The second kappa shape index (κ2) is 2.85. The minimum Gasteiger partial charge on any atom is -0.300 e. The Morgan fingerprint density at radius 1 is 1.38 bits per heavy atom. The van der Waals surface area contributed by atoms with Gasteiger partial charge >= 0.3 is 0 Å². The van der Waals surface area contributed by atoms with Crippen LogP contribution in [0, 0.1) is 0 Å². The average molecular weight is 116 g/mol. The molecule has 0 aliphatic heterocycles. The zero-order valence-corrected chi connectivity index (χ0v) is 4.74. The smallest absolute Gasteiger partial charge is 0.132 e. The second-order valence-electron chi connectivity index (χ2n) is 1.93. The highest BCUT2D eigenvalue weighted by atomic mass is 16.1. The van der Waals surface area contributed by atoms with E-state index in [0.717, 1.165) is 0 Å². The molecule has 1 rings (SSSR count). The van der Waals surface area contributed by atoms with Crippen LogP contribution in [0.4, 0.5) is 0 Å². The molecule has 0 aromatic rings. The van der Waals surface area contributed by atoms with Crippen molar-refractivity contribution in [3.05, 3.63) is 0 Å². The van der Waals surface area contributed by atoms with Gasteiger partial charge in [0.05, 0.1) is 0 Å². The van der Waals surface area contributed by atoms with Crippen molar-refractivity contribution < 1.29 is 10.3 Å². The molecule has 0 atom stereocenters. The third-order valence-corrected chi connectivity index (χ3v) is 1.18. The molecule has 0 spiro atoms. The number of Topliss-reactive ketones (excluding diaryl/α,β-unsaturated/α-hetero) is 1. The van der Waals surface area contributed by atoms with E-state index in [2.05, 4.69) is 0 Å². The maximum absolute atomic E-state index is 11.1. The fourth-order valence-corrected chi connectivity index (χ4v) is 0.723. The molecular formula is C7H12O. The molecule has 1 heteroatoms. The Morgan fingerprint density at radius 3 is 3.12 bits per heavy atom. The molecule has 1 fully saturated rings. The van der Waals surface area contributed by atoms with E-state index in [1.54, 1.807) is 0 Å². The summed E-state index contributed by atoms with van der Waals surface area (Å²) in [6.45, 7) is 0. The van der Waals surface area contributed by atoms with Crippen LogP contribution >= 0.6 is 0 Å². The molecule has 1 aliphatic rings. The number of hydrogen-bond donors (Lipinski definition) is 0. The van der Waals surface area contributed by atoms with Gasteiger partial charge in [0.1, 0.15) is 5.78 Å². The van der Waals surface area contributed by atoms with Gasteiger partial charge < -0.3 is 0 Å². The molecule has 1 nitrogen and oxygen atoms in total. The summed E-state index contributed by atoms with van der Waals surface area (Å²) in [6, 6.07) is 0. The van der Waals surface area contributed by atoms with Gasteiger partial charge in [0.2, 0.25) is 0 Å². The molecule has 0 aromatic heterocycles. The Bertz CT molecular complexity index is 200. The monoisotopic (exact) mass is 116 g/mol. The van der Waals surface area contributed by atoms with E-state index in [0.29, 0.717) is 12.8 Å². The number of rotatable bonds is 0. The van der Waals surface area contributed by atoms with Gasteiger partial charge in [0.25, 0.3) is 0 Å². The van der Waals surface area contributed by atoms with Crippen molar-refractivity contribution in [2.75, 3.05) is 0 Å². The van der Waals surface area contributed by atoms with Gasteiger partial charge in [-0.15, -0.1) is 0 Å². The number of carbonyl (C=O) groups excluding carboxylic acids is 1. The summed E-state index contributed by atoms with van der Waals surface area (Å²) in [4.78, 5) is 11.1. The molecule has 0 N–H and O–H groups in total. The minimum absolute atomic E-state index is 0.145.